The Morgan fingerprint density at radius 3 is 2.58 bits per heavy atom. The second kappa shape index (κ2) is 8.55. The minimum absolute atomic E-state index is 0.185. The van der Waals surface area contributed by atoms with Crippen LogP contribution in [0.2, 0.25) is 0 Å². The summed E-state index contributed by atoms with van der Waals surface area (Å²) in [4.78, 5) is 25.4. The summed E-state index contributed by atoms with van der Waals surface area (Å²) in [5.74, 6) is 0.312. The van der Waals surface area contributed by atoms with Crippen molar-refractivity contribution >= 4 is 29.3 Å². The lowest BCUT2D eigenvalue weighted by atomic mass is 10.1. The highest BCUT2D eigenvalue weighted by Gasteiger charge is 2.14. The maximum absolute atomic E-state index is 12.6. The molecule has 1 amide bonds. The molecule has 126 valence electrons. The fourth-order valence-electron chi connectivity index (χ4n) is 2.22. The number of hydrogen-bond acceptors (Lipinski definition) is 4. The second-order valence-corrected chi connectivity index (χ2v) is 6.44. The number of carbonyl (C=O) groups excluding carboxylic acids is 2. The molecule has 2 aromatic rings. The van der Waals surface area contributed by atoms with E-state index in [1.54, 1.807) is 43.0 Å². The SMILES string of the molecule is CCOC(=O)c1ccc(C)c(NC(=O)c2ccccc2SCC)c1. The van der Waals surface area contributed by atoms with Gasteiger partial charge in [-0.2, -0.15) is 0 Å². The van der Waals surface area contributed by atoms with Crippen molar-refractivity contribution in [1.82, 2.24) is 0 Å². The number of esters is 1. The third-order valence-electron chi connectivity index (χ3n) is 3.43. The summed E-state index contributed by atoms with van der Waals surface area (Å²) >= 11 is 1.62. The van der Waals surface area contributed by atoms with Crippen LogP contribution in [-0.2, 0) is 4.74 Å². The van der Waals surface area contributed by atoms with Crippen LogP contribution in [-0.4, -0.2) is 24.2 Å². The first-order chi connectivity index (χ1) is 11.6. The molecule has 0 aromatic heterocycles. The summed E-state index contributed by atoms with van der Waals surface area (Å²) < 4.78 is 5.01. The highest BCUT2D eigenvalue weighted by Crippen LogP contribution is 2.24. The number of nitrogens with one attached hydrogen (secondary N) is 1. The van der Waals surface area contributed by atoms with Crippen LogP contribution in [0, 0.1) is 6.92 Å². The third kappa shape index (κ3) is 4.38. The number of anilines is 1. The van der Waals surface area contributed by atoms with Gasteiger partial charge in [0.25, 0.3) is 5.91 Å². The van der Waals surface area contributed by atoms with E-state index in [9.17, 15) is 9.59 Å². The molecule has 24 heavy (non-hydrogen) atoms. The fraction of sp³-hybridized carbons (Fsp3) is 0.263. The van der Waals surface area contributed by atoms with Crippen molar-refractivity contribution in [2.24, 2.45) is 0 Å². The van der Waals surface area contributed by atoms with Crippen molar-refractivity contribution in [1.29, 1.82) is 0 Å². The van der Waals surface area contributed by atoms with E-state index in [1.165, 1.54) is 0 Å². The zero-order valence-corrected chi connectivity index (χ0v) is 14.9. The fourth-order valence-corrected chi connectivity index (χ4v) is 3.03. The number of hydrogen-bond donors (Lipinski definition) is 1. The molecule has 0 aliphatic carbocycles. The van der Waals surface area contributed by atoms with Gasteiger partial charge in [0.15, 0.2) is 0 Å². The second-order valence-electron chi connectivity index (χ2n) is 5.13. The molecule has 0 aliphatic rings. The number of carbonyl (C=O) groups is 2. The first-order valence-corrected chi connectivity index (χ1v) is 8.86. The Morgan fingerprint density at radius 1 is 1.12 bits per heavy atom. The molecule has 0 bridgehead atoms. The summed E-state index contributed by atoms with van der Waals surface area (Å²) in [5, 5.41) is 2.90. The molecular formula is C19H21NO3S. The minimum Gasteiger partial charge on any atom is -0.462 e. The van der Waals surface area contributed by atoms with Gasteiger partial charge in [0.1, 0.15) is 0 Å². The molecule has 0 aliphatic heterocycles. The molecule has 0 unspecified atom stereocenters. The molecule has 0 saturated carbocycles. The van der Waals surface area contributed by atoms with Crippen LogP contribution in [0.5, 0.6) is 0 Å². The third-order valence-corrected chi connectivity index (χ3v) is 4.38. The van der Waals surface area contributed by atoms with Gasteiger partial charge in [0.05, 0.1) is 17.7 Å². The van der Waals surface area contributed by atoms with Crippen LogP contribution < -0.4 is 5.32 Å². The Labute approximate surface area is 146 Å². The highest BCUT2D eigenvalue weighted by molar-refractivity contribution is 7.99. The van der Waals surface area contributed by atoms with Gasteiger partial charge in [0, 0.05) is 10.6 Å². The molecule has 2 aromatic carbocycles. The summed E-state index contributed by atoms with van der Waals surface area (Å²) in [6, 6.07) is 12.7. The van der Waals surface area contributed by atoms with E-state index < -0.39 is 5.97 Å². The van der Waals surface area contributed by atoms with Gasteiger partial charge in [0.2, 0.25) is 0 Å². The van der Waals surface area contributed by atoms with Crippen LogP contribution in [0.4, 0.5) is 5.69 Å². The Balaban J connectivity index is 2.26. The van der Waals surface area contributed by atoms with Gasteiger partial charge in [-0.25, -0.2) is 4.79 Å². The van der Waals surface area contributed by atoms with Gasteiger partial charge in [-0.05, 0) is 49.4 Å². The molecule has 0 fully saturated rings. The number of amides is 1. The first kappa shape index (κ1) is 18.1. The van der Waals surface area contributed by atoms with Gasteiger partial charge in [-0.3, -0.25) is 4.79 Å². The largest absolute Gasteiger partial charge is 0.462 e. The topological polar surface area (TPSA) is 55.4 Å². The lowest BCUT2D eigenvalue weighted by molar-refractivity contribution is 0.0526. The first-order valence-electron chi connectivity index (χ1n) is 7.87. The van der Waals surface area contributed by atoms with E-state index in [4.69, 9.17) is 4.74 Å². The molecule has 0 radical (unpaired) electrons. The average Bonchev–Trinajstić information content (AvgIpc) is 2.57. The van der Waals surface area contributed by atoms with Crippen LogP contribution in [0.15, 0.2) is 47.4 Å². The number of rotatable bonds is 6. The van der Waals surface area contributed by atoms with Gasteiger partial charge in [-0.1, -0.05) is 25.1 Å². The monoisotopic (exact) mass is 343 g/mol. The summed E-state index contributed by atoms with van der Waals surface area (Å²) in [6.45, 7) is 6.01. The summed E-state index contributed by atoms with van der Waals surface area (Å²) in [7, 11) is 0. The van der Waals surface area contributed by atoms with Crippen LogP contribution in [0.1, 0.15) is 40.1 Å². The quantitative estimate of drug-likeness (QED) is 0.618. The normalized spacial score (nSPS) is 10.3. The van der Waals surface area contributed by atoms with Gasteiger partial charge in [-0.15, -0.1) is 11.8 Å². The van der Waals surface area contributed by atoms with E-state index in [-0.39, 0.29) is 5.91 Å². The van der Waals surface area contributed by atoms with E-state index in [2.05, 4.69) is 5.32 Å². The summed E-state index contributed by atoms with van der Waals surface area (Å²) in [6.07, 6.45) is 0. The number of thioether (sulfide) groups is 1. The predicted molar refractivity (Wildman–Crippen MR) is 97.9 cm³/mol. The Hall–Kier alpha value is -2.27. The predicted octanol–water partition coefficient (Wildman–Crippen LogP) is 4.54. The molecule has 4 nitrogen and oxygen atoms in total. The Morgan fingerprint density at radius 2 is 1.88 bits per heavy atom. The number of aryl methyl sites for hydroxylation is 1. The van der Waals surface area contributed by atoms with Crippen molar-refractivity contribution < 1.29 is 14.3 Å². The lowest BCUT2D eigenvalue weighted by Crippen LogP contribution is -2.15. The molecule has 0 spiro atoms. The van der Waals surface area contributed by atoms with E-state index in [1.807, 2.05) is 32.0 Å². The lowest BCUT2D eigenvalue weighted by Gasteiger charge is -2.12. The van der Waals surface area contributed by atoms with Crippen molar-refractivity contribution in [2.45, 2.75) is 25.7 Å². The van der Waals surface area contributed by atoms with Crippen molar-refractivity contribution in [2.75, 3.05) is 17.7 Å². The molecule has 5 heteroatoms. The van der Waals surface area contributed by atoms with Crippen LogP contribution in [0.3, 0.4) is 0 Å². The maximum Gasteiger partial charge on any atom is 0.338 e. The van der Waals surface area contributed by atoms with Crippen LogP contribution in [0.25, 0.3) is 0 Å². The zero-order chi connectivity index (χ0) is 17.5. The number of benzene rings is 2. The Kier molecular flexibility index (Phi) is 6.44. The van der Waals surface area contributed by atoms with Crippen molar-refractivity contribution in [3.05, 3.63) is 59.2 Å². The molecule has 0 saturated heterocycles. The molecule has 0 atom stereocenters. The standard InChI is InChI=1S/C19H21NO3S/c1-4-23-19(22)14-11-10-13(3)16(12-14)20-18(21)15-8-6-7-9-17(15)24-5-2/h6-12H,4-5H2,1-3H3,(H,20,21). The highest BCUT2D eigenvalue weighted by atomic mass is 32.2. The average molecular weight is 343 g/mol. The summed E-state index contributed by atoms with van der Waals surface area (Å²) in [5.41, 5.74) is 2.55. The van der Waals surface area contributed by atoms with E-state index >= 15 is 0 Å². The van der Waals surface area contributed by atoms with Crippen LogP contribution >= 0.6 is 11.8 Å². The van der Waals surface area contributed by atoms with Crippen molar-refractivity contribution in [3.63, 3.8) is 0 Å². The maximum atomic E-state index is 12.6. The van der Waals surface area contributed by atoms with Gasteiger partial charge < -0.3 is 10.1 Å². The number of ether oxygens (including phenoxy) is 1. The smallest absolute Gasteiger partial charge is 0.338 e. The molecule has 2 rings (SSSR count). The van der Waals surface area contributed by atoms with E-state index in [0.29, 0.717) is 23.4 Å². The van der Waals surface area contributed by atoms with Gasteiger partial charge >= 0.3 is 5.97 Å². The van der Waals surface area contributed by atoms with Crippen molar-refractivity contribution in [3.8, 4) is 0 Å². The van der Waals surface area contributed by atoms with E-state index in [0.717, 1.165) is 16.2 Å². The molecule has 0 heterocycles. The molecule has 1 N–H and O–H groups in total. The molecular weight excluding hydrogens is 322 g/mol. The minimum atomic E-state index is -0.394. The Bertz CT molecular complexity index is 743. The zero-order valence-electron chi connectivity index (χ0n) is 14.1.